The zero-order chi connectivity index (χ0) is 13.1. The maximum absolute atomic E-state index is 11.2. The number of rotatable bonds is 3. The van der Waals surface area contributed by atoms with E-state index in [0.717, 1.165) is 0 Å². The molecule has 0 saturated heterocycles. The van der Waals surface area contributed by atoms with E-state index in [4.69, 9.17) is 4.42 Å². The van der Waals surface area contributed by atoms with Gasteiger partial charge >= 0.3 is 5.88 Å². The Morgan fingerprint density at radius 3 is 2.83 bits per heavy atom. The first-order valence-electron chi connectivity index (χ1n) is 5.05. The van der Waals surface area contributed by atoms with Gasteiger partial charge in [0.05, 0.1) is 6.07 Å². The molecule has 2 heterocycles. The molecule has 2 aromatic heterocycles. The van der Waals surface area contributed by atoms with Crippen LogP contribution in [0.3, 0.4) is 0 Å². The lowest BCUT2D eigenvalue weighted by Crippen LogP contribution is -2.08. The van der Waals surface area contributed by atoms with Crippen molar-refractivity contribution in [2.24, 2.45) is 0 Å². The van der Waals surface area contributed by atoms with E-state index in [-0.39, 0.29) is 11.4 Å². The van der Waals surface area contributed by atoms with Crippen LogP contribution in [-0.4, -0.2) is 14.9 Å². The summed E-state index contributed by atoms with van der Waals surface area (Å²) in [7, 11) is 0. The number of nitrogens with zero attached hydrogens (tertiary/aromatic N) is 2. The van der Waals surface area contributed by atoms with Gasteiger partial charge in [-0.05, 0) is 25.1 Å². The number of aromatic amines is 1. The van der Waals surface area contributed by atoms with Gasteiger partial charge in [-0.15, -0.1) is 0 Å². The van der Waals surface area contributed by atoms with Crippen molar-refractivity contribution in [3.8, 4) is 0 Å². The molecule has 7 heteroatoms. The van der Waals surface area contributed by atoms with Crippen LogP contribution in [0.25, 0.3) is 12.2 Å². The van der Waals surface area contributed by atoms with E-state index in [1.807, 2.05) is 0 Å². The smallest absolute Gasteiger partial charge is 0.401 e. The molecule has 0 aliphatic heterocycles. The van der Waals surface area contributed by atoms with Crippen LogP contribution < -0.4 is 5.56 Å². The zero-order valence-electron chi connectivity index (χ0n) is 9.41. The second kappa shape index (κ2) is 4.66. The Kier molecular flexibility index (Phi) is 3.05. The summed E-state index contributed by atoms with van der Waals surface area (Å²) in [5.74, 6) is 0.338. The molecule has 0 atom stereocenters. The number of hydrogen-bond acceptors (Lipinski definition) is 5. The van der Waals surface area contributed by atoms with Gasteiger partial charge in [0.25, 0.3) is 5.56 Å². The number of hydrogen-bond donors (Lipinski definition) is 1. The lowest BCUT2D eigenvalue weighted by Gasteiger charge is -1.94. The molecule has 92 valence electrons. The molecule has 0 spiro atoms. The van der Waals surface area contributed by atoms with Crippen molar-refractivity contribution in [1.82, 2.24) is 9.97 Å². The molecule has 0 amide bonds. The van der Waals surface area contributed by atoms with Gasteiger partial charge in [0.2, 0.25) is 0 Å². The standard InChI is InChI=1S/C11H9N3O4/c1-7-6-10(15)13-9(12-7)4-2-8-3-5-11(18-8)14(16)17/h2-6H,1H3,(H,12,13,15)/b4-2+. The fraction of sp³-hybridized carbons (Fsp3) is 0.0909. The highest BCUT2D eigenvalue weighted by Crippen LogP contribution is 2.17. The molecule has 0 unspecified atom stereocenters. The van der Waals surface area contributed by atoms with E-state index in [1.54, 1.807) is 6.92 Å². The first kappa shape index (κ1) is 11.8. The van der Waals surface area contributed by atoms with Gasteiger partial charge in [0, 0.05) is 11.8 Å². The minimum atomic E-state index is -0.621. The van der Waals surface area contributed by atoms with Gasteiger partial charge in [-0.3, -0.25) is 14.9 Å². The highest BCUT2D eigenvalue weighted by Gasteiger charge is 2.09. The highest BCUT2D eigenvalue weighted by molar-refractivity contribution is 5.64. The van der Waals surface area contributed by atoms with Gasteiger partial charge in [-0.1, -0.05) is 0 Å². The summed E-state index contributed by atoms with van der Waals surface area (Å²) >= 11 is 0. The molecule has 2 aromatic rings. The van der Waals surface area contributed by atoms with E-state index in [0.29, 0.717) is 17.3 Å². The van der Waals surface area contributed by atoms with Crippen LogP contribution in [0.4, 0.5) is 5.88 Å². The van der Waals surface area contributed by atoms with E-state index < -0.39 is 4.92 Å². The SMILES string of the molecule is Cc1cc(=O)[nH]c(/C=C/c2ccc([N+](=O)[O-])o2)n1. The molecule has 2 rings (SSSR count). The second-order valence-corrected chi connectivity index (χ2v) is 3.54. The van der Waals surface area contributed by atoms with Crippen LogP contribution in [0.5, 0.6) is 0 Å². The average Bonchev–Trinajstić information content (AvgIpc) is 2.73. The van der Waals surface area contributed by atoms with Gasteiger partial charge in [0.1, 0.15) is 16.5 Å². The number of nitro groups is 1. The van der Waals surface area contributed by atoms with Crippen LogP contribution in [-0.2, 0) is 0 Å². The predicted molar refractivity (Wildman–Crippen MR) is 63.9 cm³/mol. The van der Waals surface area contributed by atoms with E-state index in [1.165, 1.54) is 30.4 Å². The number of aromatic nitrogens is 2. The first-order valence-corrected chi connectivity index (χ1v) is 5.05. The normalized spacial score (nSPS) is 10.9. The minimum absolute atomic E-state index is 0.257. The van der Waals surface area contributed by atoms with Gasteiger partial charge in [-0.2, -0.15) is 0 Å². The van der Waals surface area contributed by atoms with Crippen LogP contribution in [0, 0.1) is 17.0 Å². The molecular weight excluding hydrogens is 238 g/mol. The number of furan rings is 1. The number of H-pyrrole nitrogens is 1. The summed E-state index contributed by atoms with van der Waals surface area (Å²) in [6, 6.07) is 4.09. The monoisotopic (exact) mass is 247 g/mol. The largest absolute Gasteiger partial charge is 0.433 e. The summed E-state index contributed by atoms with van der Waals surface area (Å²) in [5.41, 5.74) is 0.330. The van der Waals surface area contributed by atoms with Crippen LogP contribution in [0.15, 0.2) is 27.4 Å². The summed E-state index contributed by atoms with van der Waals surface area (Å²) in [6.45, 7) is 1.70. The molecule has 0 saturated carbocycles. The van der Waals surface area contributed by atoms with Crippen molar-refractivity contribution in [2.75, 3.05) is 0 Å². The Morgan fingerprint density at radius 1 is 1.44 bits per heavy atom. The van der Waals surface area contributed by atoms with Crippen LogP contribution >= 0.6 is 0 Å². The summed E-state index contributed by atoms with van der Waals surface area (Å²) < 4.78 is 4.92. The number of aryl methyl sites for hydroxylation is 1. The Morgan fingerprint density at radius 2 is 2.22 bits per heavy atom. The third kappa shape index (κ3) is 2.70. The Balaban J connectivity index is 2.24. The third-order valence-electron chi connectivity index (χ3n) is 2.09. The highest BCUT2D eigenvalue weighted by atomic mass is 16.6. The fourth-order valence-electron chi connectivity index (χ4n) is 1.37. The molecular formula is C11H9N3O4. The van der Waals surface area contributed by atoms with Gasteiger partial charge in [-0.25, -0.2) is 4.98 Å². The summed E-state index contributed by atoms with van der Waals surface area (Å²) in [6.07, 6.45) is 3.00. The van der Waals surface area contributed by atoms with Crippen LogP contribution in [0.1, 0.15) is 17.3 Å². The lowest BCUT2D eigenvalue weighted by atomic mass is 10.3. The molecule has 0 aromatic carbocycles. The van der Waals surface area contributed by atoms with Crippen molar-refractivity contribution in [3.05, 3.63) is 55.9 Å². The van der Waals surface area contributed by atoms with Crippen molar-refractivity contribution in [2.45, 2.75) is 6.92 Å². The Bertz CT molecular complexity index is 669. The quantitative estimate of drug-likeness (QED) is 0.657. The van der Waals surface area contributed by atoms with Crippen molar-refractivity contribution >= 4 is 18.0 Å². The lowest BCUT2D eigenvalue weighted by molar-refractivity contribution is -0.402. The molecule has 18 heavy (non-hydrogen) atoms. The van der Waals surface area contributed by atoms with E-state index >= 15 is 0 Å². The topological polar surface area (TPSA) is 102 Å². The minimum Gasteiger partial charge on any atom is -0.401 e. The van der Waals surface area contributed by atoms with Gasteiger partial charge in [0.15, 0.2) is 0 Å². The van der Waals surface area contributed by atoms with Crippen molar-refractivity contribution in [1.29, 1.82) is 0 Å². The van der Waals surface area contributed by atoms with Gasteiger partial charge < -0.3 is 9.40 Å². The Hall–Kier alpha value is -2.70. The van der Waals surface area contributed by atoms with Crippen molar-refractivity contribution < 1.29 is 9.34 Å². The Labute approximate surface area is 101 Å². The summed E-state index contributed by atoms with van der Waals surface area (Å²) in [5, 5.41) is 10.4. The average molecular weight is 247 g/mol. The zero-order valence-corrected chi connectivity index (χ0v) is 9.41. The summed E-state index contributed by atoms with van der Waals surface area (Å²) in [4.78, 5) is 27.6. The molecule has 0 aliphatic carbocycles. The maximum atomic E-state index is 11.2. The fourth-order valence-corrected chi connectivity index (χ4v) is 1.37. The number of nitrogens with one attached hydrogen (secondary N) is 1. The molecule has 0 aliphatic rings. The molecule has 1 N–H and O–H groups in total. The molecule has 7 nitrogen and oxygen atoms in total. The van der Waals surface area contributed by atoms with E-state index in [2.05, 4.69) is 9.97 Å². The molecule has 0 fully saturated rings. The molecule has 0 bridgehead atoms. The third-order valence-corrected chi connectivity index (χ3v) is 2.09. The van der Waals surface area contributed by atoms with E-state index in [9.17, 15) is 14.9 Å². The first-order chi connectivity index (χ1) is 8.54. The second-order valence-electron chi connectivity index (χ2n) is 3.54. The maximum Gasteiger partial charge on any atom is 0.433 e. The van der Waals surface area contributed by atoms with Crippen molar-refractivity contribution in [3.63, 3.8) is 0 Å². The molecule has 0 radical (unpaired) electrons. The van der Waals surface area contributed by atoms with Crippen LogP contribution in [0.2, 0.25) is 0 Å². The predicted octanol–water partition coefficient (Wildman–Crippen LogP) is 1.75.